The Hall–Kier alpha value is -0.810. The summed E-state index contributed by atoms with van der Waals surface area (Å²) in [6.07, 6.45) is 6.61. The van der Waals surface area contributed by atoms with Crippen LogP contribution in [0.1, 0.15) is 46.0 Å². The molecule has 1 saturated heterocycles. The molecule has 0 radical (unpaired) electrons. The first-order chi connectivity index (χ1) is 11.7. The third kappa shape index (κ3) is 7.39. The van der Waals surface area contributed by atoms with Crippen LogP contribution in [0.5, 0.6) is 0 Å². The van der Waals surface area contributed by atoms with E-state index < -0.39 is 0 Å². The van der Waals surface area contributed by atoms with Gasteiger partial charge < -0.3 is 19.9 Å². The molecule has 1 saturated carbocycles. The molecule has 1 aliphatic carbocycles. The maximum Gasteiger partial charge on any atom is 0.193 e. The van der Waals surface area contributed by atoms with E-state index in [2.05, 4.69) is 36.0 Å². The first kappa shape index (κ1) is 19.5. The standard InChI is InChI=1S/C19H38N4O/c1-4-20-19(22(3)14-15-24-16-18-6-7-18)21-11-8-17-9-12-23(5-2)13-10-17/h17-18H,4-16H2,1-3H3,(H,20,21). The van der Waals surface area contributed by atoms with Crippen molar-refractivity contribution in [3.05, 3.63) is 0 Å². The van der Waals surface area contributed by atoms with E-state index in [9.17, 15) is 0 Å². The van der Waals surface area contributed by atoms with Crippen molar-refractivity contribution in [3.63, 3.8) is 0 Å². The summed E-state index contributed by atoms with van der Waals surface area (Å²) in [5, 5.41) is 3.41. The fraction of sp³-hybridized carbons (Fsp3) is 0.947. The number of piperidine rings is 1. The summed E-state index contributed by atoms with van der Waals surface area (Å²) >= 11 is 0. The van der Waals surface area contributed by atoms with Crippen LogP contribution in [0.3, 0.4) is 0 Å². The summed E-state index contributed by atoms with van der Waals surface area (Å²) in [5.41, 5.74) is 0. The Morgan fingerprint density at radius 3 is 2.54 bits per heavy atom. The van der Waals surface area contributed by atoms with Gasteiger partial charge in [0.25, 0.3) is 0 Å². The van der Waals surface area contributed by atoms with Crippen molar-refractivity contribution in [3.8, 4) is 0 Å². The van der Waals surface area contributed by atoms with Crippen molar-refractivity contribution in [2.24, 2.45) is 16.8 Å². The molecular formula is C19H38N4O. The van der Waals surface area contributed by atoms with Crippen LogP contribution in [0.15, 0.2) is 4.99 Å². The average molecular weight is 339 g/mol. The number of rotatable bonds is 10. The lowest BCUT2D eigenvalue weighted by Crippen LogP contribution is -2.40. The zero-order chi connectivity index (χ0) is 17.2. The van der Waals surface area contributed by atoms with Gasteiger partial charge in [0.15, 0.2) is 5.96 Å². The Labute approximate surface area is 148 Å². The number of guanidine groups is 1. The Bertz CT molecular complexity index is 362. The van der Waals surface area contributed by atoms with Gasteiger partial charge in [-0.1, -0.05) is 6.92 Å². The molecule has 1 heterocycles. The second-order valence-corrected chi connectivity index (χ2v) is 7.34. The first-order valence-corrected chi connectivity index (χ1v) is 10.0. The normalized spacial score (nSPS) is 20.4. The largest absolute Gasteiger partial charge is 0.379 e. The lowest BCUT2D eigenvalue weighted by molar-refractivity contribution is 0.115. The molecule has 2 fully saturated rings. The Balaban J connectivity index is 1.64. The molecule has 2 rings (SSSR count). The van der Waals surface area contributed by atoms with E-state index in [4.69, 9.17) is 9.73 Å². The zero-order valence-electron chi connectivity index (χ0n) is 16.1. The molecule has 0 amide bonds. The number of nitrogens with zero attached hydrogens (tertiary/aromatic N) is 3. The van der Waals surface area contributed by atoms with E-state index in [-0.39, 0.29) is 0 Å². The van der Waals surface area contributed by atoms with Crippen LogP contribution in [0.4, 0.5) is 0 Å². The zero-order valence-corrected chi connectivity index (χ0v) is 16.1. The minimum atomic E-state index is 0.799. The van der Waals surface area contributed by atoms with Crippen LogP contribution in [-0.4, -0.2) is 75.3 Å². The monoisotopic (exact) mass is 338 g/mol. The van der Waals surface area contributed by atoms with Crippen molar-refractivity contribution in [2.75, 3.05) is 59.5 Å². The molecule has 5 heteroatoms. The van der Waals surface area contributed by atoms with Crippen LogP contribution < -0.4 is 5.32 Å². The molecule has 0 aromatic carbocycles. The predicted molar refractivity (Wildman–Crippen MR) is 102 cm³/mol. The summed E-state index contributed by atoms with van der Waals surface area (Å²) in [6.45, 7) is 12.6. The SMILES string of the molecule is CCNC(=NCCC1CCN(CC)CC1)N(C)CCOCC1CC1. The highest BCUT2D eigenvalue weighted by atomic mass is 16.5. The number of likely N-dealkylation sites (tertiary alicyclic amines) is 1. The average Bonchev–Trinajstić information content (AvgIpc) is 3.42. The first-order valence-electron chi connectivity index (χ1n) is 10.0. The highest BCUT2D eigenvalue weighted by Gasteiger charge is 2.21. The van der Waals surface area contributed by atoms with Gasteiger partial charge in [-0.2, -0.15) is 0 Å². The van der Waals surface area contributed by atoms with E-state index in [0.717, 1.165) is 50.6 Å². The third-order valence-corrected chi connectivity index (χ3v) is 5.27. The summed E-state index contributed by atoms with van der Waals surface area (Å²) in [5.74, 6) is 2.72. The third-order valence-electron chi connectivity index (χ3n) is 5.27. The van der Waals surface area contributed by atoms with Gasteiger partial charge in [0.2, 0.25) is 0 Å². The van der Waals surface area contributed by atoms with E-state index in [0.29, 0.717) is 0 Å². The molecule has 24 heavy (non-hydrogen) atoms. The number of nitrogens with one attached hydrogen (secondary N) is 1. The van der Waals surface area contributed by atoms with Crippen LogP contribution in [-0.2, 0) is 4.74 Å². The molecule has 0 unspecified atom stereocenters. The van der Waals surface area contributed by atoms with Crippen LogP contribution in [0.2, 0.25) is 0 Å². The molecule has 2 aliphatic rings. The molecule has 1 N–H and O–H groups in total. The maximum absolute atomic E-state index is 5.75. The Kier molecular flexibility index (Phi) is 8.89. The van der Waals surface area contributed by atoms with E-state index in [1.165, 1.54) is 51.7 Å². The fourth-order valence-electron chi connectivity index (χ4n) is 3.26. The molecule has 0 bridgehead atoms. The lowest BCUT2D eigenvalue weighted by atomic mass is 9.94. The van der Waals surface area contributed by atoms with Gasteiger partial charge in [0.1, 0.15) is 0 Å². The van der Waals surface area contributed by atoms with Crippen LogP contribution >= 0.6 is 0 Å². The van der Waals surface area contributed by atoms with Crippen LogP contribution in [0.25, 0.3) is 0 Å². The Morgan fingerprint density at radius 1 is 1.17 bits per heavy atom. The number of hydrogen-bond donors (Lipinski definition) is 1. The molecular weight excluding hydrogens is 300 g/mol. The van der Waals surface area contributed by atoms with Crippen molar-refractivity contribution in [1.82, 2.24) is 15.1 Å². The molecule has 0 spiro atoms. The van der Waals surface area contributed by atoms with E-state index in [1.807, 2.05) is 0 Å². The summed E-state index contributed by atoms with van der Waals surface area (Å²) in [6, 6.07) is 0. The fourth-order valence-corrected chi connectivity index (χ4v) is 3.26. The topological polar surface area (TPSA) is 40.1 Å². The molecule has 0 atom stereocenters. The highest BCUT2D eigenvalue weighted by Crippen LogP contribution is 2.28. The van der Waals surface area contributed by atoms with Gasteiger partial charge in [-0.25, -0.2) is 0 Å². The summed E-state index contributed by atoms with van der Waals surface area (Å²) < 4.78 is 5.75. The maximum atomic E-state index is 5.75. The van der Waals surface area contributed by atoms with Gasteiger partial charge in [0, 0.05) is 33.3 Å². The molecule has 5 nitrogen and oxygen atoms in total. The Morgan fingerprint density at radius 2 is 1.92 bits per heavy atom. The van der Waals surface area contributed by atoms with E-state index in [1.54, 1.807) is 0 Å². The molecule has 0 aromatic heterocycles. The van der Waals surface area contributed by atoms with Gasteiger partial charge in [-0.05, 0) is 70.5 Å². The van der Waals surface area contributed by atoms with Gasteiger partial charge in [-0.15, -0.1) is 0 Å². The van der Waals surface area contributed by atoms with Gasteiger partial charge in [-0.3, -0.25) is 4.99 Å². The van der Waals surface area contributed by atoms with Crippen molar-refractivity contribution >= 4 is 5.96 Å². The molecule has 0 aromatic rings. The van der Waals surface area contributed by atoms with Crippen molar-refractivity contribution in [2.45, 2.75) is 46.0 Å². The number of aliphatic imine (C=N–C) groups is 1. The molecule has 1 aliphatic heterocycles. The minimum Gasteiger partial charge on any atom is -0.379 e. The second-order valence-electron chi connectivity index (χ2n) is 7.34. The minimum absolute atomic E-state index is 0.799. The van der Waals surface area contributed by atoms with Gasteiger partial charge in [0.05, 0.1) is 6.61 Å². The highest BCUT2D eigenvalue weighted by molar-refractivity contribution is 5.79. The number of hydrogen-bond acceptors (Lipinski definition) is 3. The van der Waals surface area contributed by atoms with Gasteiger partial charge >= 0.3 is 0 Å². The molecule has 140 valence electrons. The summed E-state index contributed by atoms with van der Waals surface area (Å²) in [4.78, 5) is 9.59. The lowest BCUT2D eigenvalue weighted by Gasteiger charge is -2.30. The summed E-state index contributed by atoms with van der Waals surface area (Å²) in [7, 11) is 2.11. The second kappa shape index (κ2) is 10.9. The number of likely N-dealkylation sites (N-methyl/N-ethyl adjacent to an activating group) is 1. The van der Waals surface area contributed by atoms with E-state index >= 15 is 0 Å². The van der Waals surface area contributed by atoms with Crippen LogP contribution in [0, 0.1) is 11.8 Å². The van der Waals surface area contributed by atoms with Crippen molar-refractivity contribution in [1.29, 1.82) is 0 Å². The number of ether oxygens (including phenoxy) is 1. The smallest absolute Gasteiger partial charge is 0.193 e. The van der Waals surface area contributed by atoms with Crippen molar-refractivity contribution < 1.29 is 4.74 Å². The predicted octanol–water partition coefficient (Wildman–Crippen LogP) is 2.43. The quantitative estimate of drug-likeness (QED) is 0.377.